The van der Waals surface area contributed by atoms with Gasteiger partial charge < -0.3 is 0 Å². The molecule has 1 aromatic heterocycles. The highest BCUT2D eigenvalue weighted by Crippen LogP contribution is 2.57. The van der Waals surface area contributed by atoms with E-state index in [2.05, 4.69) is 36.2 Å². The molecule has 0 saturated heterocycles. The molecular formula is C17H20N2. The molecule has 0 radical (unpaired) electrons. The molecule has 19 heavy (non-hydrogen) atoms. The number of hydrogen-bond donors (Lipinski definition) is 1. The van der Waals surface area contributed by atoms with Crippen molar-refractivity contribution in [3.63, 3.8) is 0 Å². The second-order valence-corrected chi connectivity index (χ2v) is 6.24. The predicted molar refractivity (Wildman–Crippen MR) is 79.0 cm³/mol. The first-order valence-corrected chi connectivity index (χ1v) is 7.41. The van der Waals surface area contributed by atoms with E-state index in [0.717, 1.165) is 0 Å². The topological polar surface area (TPSA) is 28.7 Å². The number of aromatic nitrogens is 2. The quantitative estimate of drug-likeness (QED) is 0.796. The van der Waals surface area contributed by atoms with Gasteiger partial charge in [0.05, 0.1) is 11.7 Å². The number of nitrogens with zero attached hydrogens (tertiary/aromatic N) is 1. The van der Waals surface area contributed by atoms with E-state index in [9.17, 15) is 0 Å². The SMILES string of the molecule is CC[C@]12CCCC(C)=C1c1ccc3[nH]ncc3c1C2. The van der Waals surface area contributed by atoms with Gasteiger partial charge in [-0.3, -0.25) is 5.10 Å². The molecule has 1 N–H and O–H groups in total. The molecule has 1 atom stereocenters. The number of H-pyrrole nitrogens is 1. The van der Waals surface area contributed by atoms with Gasteiger partial charge in [-0.25, -0.2) is 0 Å². The fourth-order valence-electron chi connectivity index (χ4n) is 4.40. The summed E-state index contributed by atoms with van der Waals surface area (Å²) in [4.78, 5) is 0. The number of rotatable bonds is 1. The number of allylic oxidation sites excluding steroid dienone is 2. The van der Waals surface area contributed by atoms with Gasteiger partial charge in [-0.15, -0.1) is 0 Å². The van der Waals surface area contributed by atoms with Gasteiger partial charge in [0, 0.05) is 5.39 Å². The monoisotopic (exact) mass is 252 g/mol. The maximum absolute atomic E-state index is 4.22. The van der Waals surface area contributed by atoms with Crippen molar-refractivity contribution < 1.29 is 0 Å². The van der Waals surface area contributed by atoms with E-state index in [0.29, 0.717) is 5.41 Å². The number of nitrogens with one attached hydrogen (secondary N) is 1. The molecule has 2 aliphatic carbocycles. The summed E-state index contributed by atoms with van der Waals surface area (Å²) in [7, 11) is 0. The number of hydrogen-bond acceptors (Lipinski definition) is 1. The summed E-state index contributed by atoms with van der Waals surface area (Å²) in [5, 5.41) is 8.66. The second-order valence-electron chi connectivity index (χ2n) is 6.24. The molecule has 2 heteroatoms. The summed E-state index contributed by atoms with van der Waals surface area (Å²) < 4.78 is 0. The fourth-order valence-corrected chi connectivity index (χ4v) is 4.40. The first kappa shape index (κ1) is 11.3. The molecule has 4 rings (SSSR count). The Morgan fingerprint density at radius 2 is 2.26 bits per heavy atom. The first-order chi connectivity index (χ1) is 9.25. The second kappa shape index (κ2) is 3.72. The van der Waals surface area contributed by atoms with Crippen molar-refractivity contribution in [1.82, 2.24) is 10.2 Å². The van der Waals surface area contributed by atoms with Gasteiger partial charge in [0.25, 0.3) is 0 Å². The van der Waals surface area contributed by atoms with E-state index in [1.165, 1.54) is 54.1 Å². The van der Waals surface area contributed by atoms with Crippen LogP contribution in [0, 0.1) is 5.41 Å². The Morgan fingerprint density at radius 3 is 3.11 bits per heavy atom. The van der Waals surface area contributed by atoms with Crippen molar-refractivity contribution in [2.45, 2.75) is 46.0 Å². The van der Waals surface area contributed by atoms with Crippen molar-refractivity contribution in [2.75, 3.05) is 0 Å². The van der Waals surface area contributed by atoms with Gasteiger partial charge in [0.1, 0.15) is 0 Å². The highest BCUT2D eigenvalue weighted by molar-refractivity contribution is 5.92. The number of benzene rings is 1. The molecule has 0 fully saturated rings. The van der Waals surface area contributed by atoms with Crippen LogP contribution in [0.5, 0.6) is 0 Å². The molecule has 0 amide bonds. The molecule has 98 valence electrons. The van der Waals surface area contributed by atoms with Crippen LogP contribution in [-0.4, -0.2) is 10.2 Å². The van der Waals surface area contributed by atoms with Crippen LogP contribution in [-0.2, 0) is 6.42 Å². The molecule has 2 nitrogen and oxygen atoms in total. The van der Waals surface area contributed by atoms with E-state index < -0.39 is 0 Å². The van der Waals surface area contributed by atoms with Crippen molar-refractivity contribution >= 4 is 16.5 Å². The summed E-state index contributed by atoms with van der Waals surface area (Å²) in [5.74, 6) is 0. The summed E-state index contributed by atoms with van der Waals surface area (Å²) in [6, 6.07) is 4.51. The zero-order chi connectivity index (χ0) is 13.0. The Kier molecular flexibility index (Phi) is 2.21. The van der Waals surface area contributed by atoms with E-state index in [4.69, 9.17) is 0 Å². The van der Waals surface area contributed by atoms with Gasteiger partial charge in [0.2, 0.25) is 0 Å². The van der Waals surface area contributed by atoms with Gasteiger partial charge >= 0.3 is 0 Å². The Balaban J connectivity index is 2.04. The van der Waals surface area contributed by atoms with Crippen LogP contribution < -0.4 is 0 Å². The Labute approximate surface area is 113 Å². The molecule has 0 spiro atoms. The predicted octanol–water partition coefficient (Wildman–Crippen LogP) is 4.47. The lowest BCUT2D eigenvalue weighted by molar-refractivity contribution is 0.340. The van der Waals surface area contributed by atoms with E-state index >= 15 is 0 Å². The van der Waals surface area contributed by atoms with Crippen molar-refractivity contribution in [3.05, 3.63) is 35.0 Å². The number of aromatic amines is 1. The van der Waals surface area contributed by atoms with Crippen molar-refractivity contribution in [3.8, 4) is 0 Å². The van der Waals surface area contributed by atoms with Crippen LogP contribution in [0.3, 0.4) is 0 Å². The summed E-state index contributed by atoms with van der Waals surface area (Å²) >= 11 is 0. The van der Waals surface area contributed by atoms with Gasteiger partial charge in [-0.05, 0) is 67.2 Å². The lowest BCUT2D eigenvalue weighted by atomic mass is 9.69. The van der Waals surface area contributed by atoms with E-state index in [-0.39, 0.29) is 0 Å². The average Bonchev–Trinajstić information content (AvgIpc) is 3.00. The molecule has 1 heterocycles. The van der Waals surface area contributed by atoms with E-state index in [1.54, 1.807) is 11.1 Å². The minimum absolute atomic E-state index is 0.413. The third-order valence-corrected chi connectivity index (χ3v) is 5.36. The molecular weight excluding hydrogens is 232 g/mol. The summed E-state index contributed by atoms with van der Waals surface area (Å²) in [5.41, 5.74) is 7.92. The first-order valence-electron chi connectivity index (χ1n) is 7.41. The van der Waals surface area contributed by atoms with Gasteiger partial charge in [0.15, 0.2) is 0 Å². The Hall–Kier alpha value is -1.57. The van der Waals surface area contributed by atoms with Crippen LogP contribution in [0.4, 0.5) is 0 Å². The average molecular weight is 252 g/mol. The van der Waals surface area contributed by atoms with E-state index in [1.807, 2.05) is 6.20 Å². The third-order valence-electron chi connectivity index (χ3n) is 5.36. The maximum Gasteiger partial charge on any atom is 0.0653 e. The smallest absolute Gasteiger partial charge is 0.0653 e. The Morgan fingerprint density at radius 1 is 1.37 bits per heavy atom. The summed E-state index contributed by atoms with van der Waals surface area (Å²) in [6.07, 6.45) is 8.46. The third kappa shape index (κ3) is 1.35. The minimum atomic E-state index is 0.413. The fraction of sp³-hybridized carbons (Fsp3) is 0.471. The van der Waals surface area contributed by atoms with Gasteiger partial charge in [-0.1, -0.05) is 18.6 Å². The van der Waals surface area contributed by atoms with Crippen molar-refractivity contribution in [2.24, 2.45) is 5.41 Å². The van der Waals surface area contributed by atoms with Crippen molar-refractivity contribution in [1.29, 1.82) is 0 Å². The molecule has 2 aromatic rings. The molecule has 0 unspecified atom stereocenters. The normalized spacial score (nSPS) is 25.8. The van der Waals surface area contributed by atoms with Crippen LogP contribution in [0.2, 0.25) is 0 Å². The Bertz CT molecular complexity index is 692. The maximum atomic E-state index is 4.22. The lowest BCUT2D eigenvalue weighted by Gasteiger charge is -2.35. The largest absolute Gasteiger partial charge is 0.278 e. The molecule has 1 aromatic carbocycles. The highest BCUT2D eigenvalue weighted by atomic mass is 15.1. The summed E-state index contributed by atoms with van der Waals surface area (Å²) in [6.45, 7) is 4.70. The molecule has 0 aliphatic heterocycles. The zero-order valence-corrected chi connectivity index (χ0v) is 11.7. The highest BCUT2D eigenvalue weighted by Gasteiger charge is 2.43. The molecule has 2 aliphatic rings. The lowest BCUT2D eigenvalue weighted by Crippen LogP contribution is -2.23. The van der Waals surface area contributed by atoms with Crippen LogP contribution in [0.15, 0.2) is 23.9 Å². The zero-order valence-electron chi connectivity index (χ0n) is 11.7. The van der Waals surface area contributed by atoms with Crippen LogP contribution in [0.1, 0.15) is 50.7 Å². The van der Waals surface area contributed by atoms with Gasteiger partial charge in [-0.2, -0.15) is 5.10 Å². The molecule has 0 bridgehead atoms. The van der Waals surface area contributed by atoms with Crippen LogP contribution in [0.25, 0.3) is 16.5 Å². The molecule has 0 saturated carbocycles. The standard InChI is InChI=1S/C17H20N2/c1-3-17-8-4-5-11(2)16(17)12-6-7-15-14(10-18-19-15)13(12)9-17/h6-7,10H,3-5,8-9H2,1-2H3,(H,18,19)/t17-/m1/s1. The number of fused-ring (bicyclic) bond motifs is 5. The minimum Gasteiger partial charge on any atom is -0.278 e. The van der Waals surface area contributed by atoms with Crippen LogP contribution >= 0.6 is 0 Å².